The lowest BCUT2D eigenvalue weighted by atomic mass is 9.72. The van der Waals surface area contributed by atoms with E-state index in [9.17, 15) is 4.79 Å². The van der Waals surface area contributed by atoms with Crippen molar-refractivity contribution >= 4 is 17.7 Å². The molecule has 20 heavy (non-hydrogen) atoms. The standard InChI is InChI=1S/C16H22N2OS/c19-15(18-14-6-11-20-12-14)16(7-9-17-10-8-16)13-4-2-1-3-5-13/h1-5,14,17H,6-12H2,(H,18,19). The van der Waals surface area contributed by atoms with E-state index in [1.165, 1.54) is 11.3 Å². The Hall–Kier alpha value is -1.00. The van der Waals surface area contributed by atoms with Gasteiger partial charge < -0.3 is 10.6 Å². The summed E-state index contributed by atoms with van der Waals surface area (Å²) in [6, 6.07) is 10.7. The third-order valence-electron chi connectivity index (χ3n) is 4.48. The van der Waals surface area contributed by atoms with Gasteiger partial charge in [0.25, 0.3) is 0 Å². The van der Waals surface area contributed by atoms with Crippen LogP contribution in [-0.4, -0.2) is 36.5 Å². The van der Waals surface area contributed by atoms with Crippen molar-refractivity contribution in [2.45, 2.75) is 30.7 Å². The van der Waals surface area contributed by atoms with Gasteiger partial charge in [-0.1, -0.05) is 30.3 Å². The van der Waals surface area contributed by atoms with Crippen molar-refractivity contribution in [2.75, 3.05) is 24.6 Å². The number of hydrogen-bond acceptors (Lipinski definition) is 3. The summed E-state index contributed by atoms with van der Waals surface area (Å²) in [6.07, 6.45) is 2.89. The van der Waals surface area contributed by atoms with Crippen LogP contribution in [0.15, 0.2) is 30.3 Å². The molecule has 0 saturated carbocycles. The van der Waals surface area contributed by atoms with Gasteiger partial charge >= 0.3 is 0 Å². The Kier molecular flexibility index (Phi) is 4.32. The number of amides is 1. The molecular formula is C16H22N2OS. The zero-order chi connectivity index (χ0) is 13.8. The van der Waals surface area contributed by atoms with Crippen molar-refractivity contribution in [1.82, 2.24) is 10.6 Å². The van der Waals surface area contributed by atoms with Crippen molar-refractivity contribution in [3.63, 3.8) is 0 Å². The topological polar surface area (TPSA) is 41.1 Å². The van der Waals surface area contributed by atoms with Gasteiger partial charge in [-0.15, -0.1) is 0 Å². The van der Waals surface area contributed by atoms with E-state index in [0.717, 1.165) is 38.1 Å². The van der Waals surface area contributed by atoms with Gasteiger partial charge in [-0.2, -0.15) is 11.8 Å². The second-order valence-corrected chi connectivity index (χ2v) is 6.88. The third-order valence-corrected chi connectivity index (χ3v) is 5.65. The van der Waals surface area contributed by atoms with Crippen LogP contribution in [0.2, 0.25) is 0 Å². The molecule has 0 aromatic heterocycles. The highest BCUT2D eigenvalue weighted by Gasteiger charge is 2.41. The fraction of sp³-hybridized carbons (Fsp3) is 0.562. The third kappa shape index (κ3) is 2.72. The molecule has 4 heteroatoms. The summed E-state index contributed by atoms with van der Waals surface area (Å²) < 4.78 is 0. The van der Waals surface area contributed by atoms with Gasteiger partial charge in [0.2, 0.25) is 5.91 Å². The molecule has 3 nitrogen and oxygen atoms in total. The number of nitrogens with one attached hydrogen (secondary N) is 2. The van der Waals surface area contributed by atoms with Crippen molar-refractivity contribution < 1.29 is 4.79 Å². The molecule has 0 radical (unpaired) electrons. The number of hydrogen-bond donors (Lipinski definition) is 2. The minimum Gasteiger partial charge on any atom is -0.352 e. The largest absolute Gasteiger partial charge is 0.352 e. The van der Waals surface area contributed by atoms with Crippen LogP contribution in [0.4, 0.5) is 0 Å². The minimum atomic E-state index is -0.334. The summed E-state index contributed by atoms with van der Waals surface area (Å²) in [4.78, 5) is 12.9. The van der Waals surface area contributed by atoms with E-state index in [1.807, 2.05) is 30.0 Å². The fourth-order valence-electron chi connectivity index (χ4n) is 3.23. The maximum Gasteiger partial charge on any atom is 0.230 e. The number of carbonyl (C=O) groups is 1. The van der Waals surface area contributed by atoms with Gasteiger partial charge in [-0.25, -0.2) is 0 Å². The maximum atomic E-state index is 12.9. The Morgan fingerprint density at radius 3 is 2.65 bits per heavy atom. The van der Waals surface area contributed by atoms with Gasteiger partial charge in [-0.3, -0.25) is 4.79 Å². The van der Waals surface area contributed by atoms with E-state index >= 15 is 0 Å². The average molecular weight is 290 g/mol. The minimum absolute atomic E-state index is 0.234. The van der Waals surface area contributed by atoms with E-state index in [1.54, 1.807) is 0 Å². The molecule has 2 aliphatic heterocycles. The van der Waals surface area contributed by atoms with Crippen LogP contribution in [0, 0.1) is 0 Å². The predicted octanol–water partition coefficient (Wildman–Crippen LogP) is 1.93. The highest BCUT2D eigenvalue weighted by atomic mass is 32.2. The van der Waals surface area contributed by atoms with Gasteiger partial charge in [0.15, 0.2) is 0 Å². The molecular weight excluding hydrogens is 268 g/mol. The number of piperidine rings is 1. The van der Waals surface area contributed by atoms with Crippen LogP contribution >= 0.6 is 11.8 Å². The van der Waals surface area contributed by atoms with Gasteiger partial charge in [0.1, 0.15) is 0 Å². The first-order valence-electron chi connectivity index (χ1n) is 7.46. The molecule has 1 unspecified atom stereocenters. The lowest BCUT2D eigenvalue weighted by Crippen LogP contribution is -2.53. The molecule has 1 aromatic carbocycles. The Labute approximate surface area is 124 Å². The molecule has 2 N–H and O–H groups in total. The van der Waals surface area contributed by atoms with Crippen LogP contribution in [-0.2, 0) is 10.2 Å². The van der Waals surface area contributed by atoms with Crippen molar-refractivity contribution in [2.24, 2.45) is 0 Å². The molecule has 0 spiro atoms. The van der Waals surface area contributed by atoms with Crippen molar-refractivity contribution in [3.8, 4) is 0 Å². The predicted molar refractivity (Wildman–Crippen MR) is 84.1 cm³/mol. The zero-order valence-electron chi connectivity index (χ0n) is 11.7. The smallest absolute Gasteiger partial charge is 0.230 e. The van der Waals surface area contributed by atoms with Crippen LogP contribution in [0.5, 0.6) is 0 Å². The summed E-state index contributed by atoms with van der Waals surface area (Å²) >= 11 is 1.94. The van der Waals surface area contributed by atoms with E-state index in [-0.39, 0.29) is 11.3 Å². The molecule has 2 saturated heterocycles. The average Bonchev–Trinajstić information content (AvgIpc) is 3.02. The van der Waals surface area contributed by atoms with Crippen molar-refractivity contribution in [1.29, 1.82) is 0 Å². The quantitative estimate of drug-likeness (QED) is 0.894. The number of carbonyl (C=O) groups excluding carboxylic acids is 1. The first kappa shape index (κ1) is 14.0. The summed E-state index contributed by atoms with van der Waals surface area (Å²) in [7, 11) is 0. The molecule has 108 valence electrons. The van der Waals surface area contributed by atoms with Gasteiger partial charge in [-0.05, 0) is 43.7 Å². The number of benzene rings is 1. The Bertz CT molecular complexity index is 451. The molecule has 0 aliphatic carbocycles. The van der Waals surface area contributed by atoms with E-state index < -0.39 is 0 Å². The van der Waals surface area contributed by atoms with Crippen LogP contribution < -0.4 is 10.6 Å². The highest BCUT2D eigenvalue weighted by molar-refractivity contribution is 7.99. The zero-order valence-corrected chi connectivity index (χ0v) is 12.5. The number of thioether (sulfide) groups is 1. The molecule has 1 amide bonds. The van der Waals surface area contributed by atoms with E-state index in [0.29, 0.717) is 6.04 Å². The SMILES string of the molecule is O=C(NC1CCSC1)C1(c2ccccc2)CCNCC1. The second kappa shape index (κ2) is 6.19. The molecule has 2 heterocycles. The second-order valence-electron chi connectivity index (χ2n) is 5.73. The molecule has 3 rings (SSSR count). The molecule has 1 atom stereocenters. The molecule has 0 bridgehead atoms. The summed E-state index contributed by atoms with van der Waals surface area (Å²) in [6.45, 7) is 1.84. The normalized spacial score (nSPS) is 25.3. The highest BCUT2D eigenvalue weighted by Crippen LogP contribution is 2.34. The summed E-state index contributed by atoms with van der Waals surface area (Å²) in [5, 5.41) is 6.67. The Morgan fingerprint density at radius 2 is 2.00 bits per heavy atom. The Balaban J connectivity index is 1.83. The monoisotopic (exact) mass is 290 g/mol. The number of rotatable bonds is 3. The molecule has 1 aromatic rings. The summed E-state index contributed by atoms with van der Waals surface area (Å²) in [5.74, 6) is 2.47. The van der Waals surface area contributed by atoms with Gasteiger partial charge in [0, 0.05) is 11.8 Å². The molecule has 2 fully saturated rings. The van der Waals surface area contributed by atoms with Gasteiger partial charge in [0.05, 0.1) is 5.41 Å². The van der Waals surface area contributed by atoms with E-state index in [2.05, 4.69) is 22.8 Å². The lowest BCUT2D eigenvalue weighted by Gasteiger charge is -2.37. The van der Waals surface area contributed by atoms with E-state index in [4.69, 9.17) is 0 Å². The lowest BCUT2D eigenvalue weighted by molar-refractivity contribution is -0.128. The Morgan fingerprint density at radius 1 is 1.25 bits per heavy atom. The first-order valence-corrected chi connectivity index (χ1v) is 8.62. The van der Waals surface area contributed by atoms with Crippen LogP contribution in [0.3, 0.4) is 0 Å². The van der Waals surface area contributed by atoms with Crippen LogP contribution in [0.1, 0.15) is 24.8 Å². The van der Waals surface area contributed by atoms with Crippen LogP contribution in [0.25, 0.3) is 0 Å². The maximum absolute atomic E-state index is 12.9. The fourth-order valence-corrected chi connectivity index (χ4v) is 4.38. The first-order chi connectivity index (χ1) is 9.81. The summed E-state index contributed by atoms with van der Waals surface area (Å²) in [5.41, 5.74) is 0.837. The molecule has 2 aliphatic rings. The van der Waals surface area contributed by atoms with Crippen molar-refractivity contribution in [3.05, 3.63) is 35.9 Å².